The minimum Gasteiger partial charge on any atom is -0.363 e. The molecule has 0 spiro atoms. The van der Waals surface area contributed by atoms with E-state index in [1.807, 2.05) is 36.0 Å². The number of carbonyl (C=O) groups is 1. The maximum absolute atomic E-state index is 13.1. The third-order valence-corrected chi connectivity index (χ3v) is 5.57. The Kier molecular flexibility index (Phi) is 4.60. The molecule has 0 aliphatic carbocycles. The van der Waals surface area contributed by atoms with Gasteiger partial charge in [-0.05, 0) is 42.5 Å². The van der Waals surface area contributed by atoms with Crippen molar-refractivity contribution in [3.63, 3.8) is 0 Å². The predicted molar refractivity (Wildman–Crippen MR) is 109 cm³/mol. The second-order valence-corrected chi connectivity index (χ2v) is 7.57. The van der Waals surface area contributed by atoms with E-state index in [2.05, 4.69) is 46.9 Å². The second-order valence-electron chi connectivity index (χ2n) is 7.57. The van der Waals surface area contributed by atoms with E-state index in [4.69, 9.17) is 0 Å². The molecule has 1 aliphatic rings. The molecule has 0 radical (unpaired) electrons. The van der Waals surface area contributed by atoms with E-state index in [1.165, 1.54) is 16.6 Å². The van der Waals surface area contributed by atoms with Crippen LogP contribution in [0.5, 0.6) is 0 Å². The zero-order valence-corrected chi connectivity index (χ0v) is 16.2. The number of hydrogen-bond donors (Lipinski definition) is 0. The number of anilines is 1. The van der Waals surface area contributed by atoms with Crippen molar-refractivity contribution in [3.05, 3.63) is 59.9 Å². The molecule has 1 aromatic carbocycles. The highest BCUT2D eigenvalue weighted by atomic mass is 16.2. The Morgan fingerprint density at radius 3 is 2.78 bits per heavy atom. The minimum atomic E-state index is 0.101. The fourth-order valence-electron chi connectivity index (χ4n) is 4.08. The number of likely N-dealkylation sites (tertiary alicyclic amines) is 1. The fourth-order valence-corrected chi connectivity index (χ4v) is 4.08. The van der Waals surface area contributed by atoms with Gasteiger partial charge in [-0.25, -0.2) is 4.98 Å². The van der Waals surface area contributed by atoms with Crippen molar-refractivity contribution in [1.82, 2.24) is 14.5 Å². The Morgan fingerprint density at radius 2 is 2.00 bits per heavy atom. The van der Waals surface area contributed by atoms with E-state index in [0.29, 0.717) is 11.5 Å². The Balaban J connectivity index is 1.58. The van der Waals surface area contributed by atoms with Crippen LogP contribution in [0.1, 0.15) is 34.8 Å². The summed E-state index contributed by atoms with van der Waals surface area (Å²) >= 11 is 0. The fraction of sp³-hybridized carbons (Fsp3) is 0.364. The normalized spacial score (nSPS) is 17.3. The summed E-state index contributed by atoms with van der Waals surface area (Å²) in [4.78, 5) is 21.3. The van der Waals surface area contributed by atoms with Crippen molar-refractivity contribution in [3.8, 4) is 0 Å². The third kappa shape index (κ3) is 3.29. The van der Waals surface area contributed by atoms with Crippen molar-refractivity contribution >= 4 is 22.6 Å². The zero-order chi connectivity index (χ0) is 19.0. The number of nitrogens with zero attached hydrogens (tertiary/aromatic N) is 4. The molecule has 3 aromatic rings. The summed E-state index contributed by atoms with van der Waals surface area (Å²) in [5.41, 5.74) is 3.28. The van der Waals surface area contributed by atoms with Crippen LogP contribution in [-0.4, -0.2) is 47.5 Å². The number of piperidine rings is 1. The summed E-state index contributed by atoms with van der Waals surface area (Å²) in [5.74, 6) is 1.28. The molecule has 27 heavy (non-hydrogen) atoms. The summed E-state index contributed by atoms with van der Waals surface area (Å²) in [6.07, 6.45) is 3.87. The van der Waals surface area contributed by atoms with Crippen LogP contribution in [0.15, 0.2) is 48.7 Å². The number of fused-ring (bicyclic) bond motifs is 1. The monoisotopic (exact) mass is 362 g/mol. The van der Waals surface area contributed by atoms with E-state index < -0.39 is 0 Å². The van der Waals surface area contributed by atoms with Gasteiger partial charge < -0.3 is 14.4 Å². The predicted octanol–water partition coefficient (Wildman–Crippen LogP) is 3.66. The standard InChI is InChI=1S/C22H26N4O/c1-24(2)21-14-17(10-11-23-21)22(27)26-12-6-8-18(15-26)20-13-16-7-4-5-9-19(16)25(20)3/h4-5,7,9-11,13-14,18H,6,8,12,15H2,1-3H3. The zero-order valence-electron chi connectivity index (χ0n) is 16.2. The van der Waals surface area contributed by atoms with Crippen LogP contribution in [-0.2, 0) is 7.05 Å². The van der Waals surface area contributed by atoms with Gasteiger partial charge in [-0.15, -0.1) is 0 Å². The van der Waals surface area contributed by atoms with E-state index in [1.54, 1.807) is 6.20 Å². The third-order valence-electron chi connectivity index (χ3n) is 5.57. The van der Waals surface area contributed by atoms with Crippen LogP contribution in [0.3, 0.4) is 0 Å². The molecule has 0 saturated carbocycles. The first-order valence-electron chi connectivity index (χ1n) is 9.51. The first kappa shape index (κ1) is 17.6. The Labute approximate surface area is 160 Å². The van der Waals surface area contributed by atoms with Crippen molar-refractivity contribution in [2.45, 2.75) is 18.8 Å². The van der Waals surface area contributed by atoms with Crippen LogP contribution in [0, 0.1) is 0 Å². The molecule has 0 bridgehead atoms. The van der Waals surface area contributed by atoms with Gasteiger partial charge >= 0.3 is 0 Å². The molecule has 140 valence electrons. The lowest BCUT2D eigenvalue weighted by molar-refractivity contribution is 0.0705. The van der Waals surface area contributed by atoms with Gasteiger partial charge in [0.05, 0.1) is 0 Å². The van der Waals surface area contributed by atoms with Crippen molar-refractivity contribution in [1.29, 1.82) is 0 Å². The van der Waals surface area contributed by atoms with E-state index in [9.17, 15) is 4.79 Å². The number of benzene rings is 1. The molecular formula is C22H26N4O. The number of para-hydroxylation sites is 1. The molecule has 0 N–H and O–H groups in total. The number of hydrogen-bond acceptors (Lipinski definition) is 3. The Hall–Kier alpha value is -2.82. The molecule has 1 aliphatic heterocycles. The molecule has 4 rings (SSSR count). The number of amides is 1. The summed E-state index contributed by atoms with van der Waals surface area (Å²) in [5, 5.41) is 1.27. The molecule has 3 heterocycles. The van der Waals surface area contributed by atoms with E-state index in [0.717, 1.165) is 31.7 Å². The smallest absolute Gasteiger partial charge is 0.254 e. The molecule has 1 fully saturated rings. The average molecular weight is 362 g/mol. The number of carbonyl (C=O) groups excluding carboxylic acids is 1. The number of pyridine rings is 1. The van der Waals surface area contributed by atoms with Crippen molar-refractivity contribution in [2.75, 3.05) is 32.1 Å². The largest absolute Gasteiger partial charge is 0.363 e. The number of aryl methyl sites for hydroxylation is 1. The topological polar surface area (TPSA) is 41.4 Å². The van der Waals surface area contributed by atoms with Gasteiger partial charge in [-0.1, -0.05) is 18.2 Å². The van der Waals surface area contributed by atoms with Gasteiger partial charge in [0, 0.05) is 63.1 Å². The first-order valence-corrected chi connectivity index (χ1v) is 9.51. The molecule has 1 amide bonds. The van der Waals surface area contributed by atoms with Gasteiger partial charge in [0.25, 0.3) is 5.91 Å². The van der Waals surface area contributed by atoms with E-state index >= 15 is 0 Å². The lowest BCUT2D eigenvalue weighted by Crippen LogP contribution is -2.39. The van der Waals surface area contributed by atoms with E-state index in [-0.39, 0.29) is 5.91 Å². The lowest BCUT2D eigenvalue weighted by Gasteiger charge is -2.33. The van der Waals surface area contributed by atoms with Gasteiger partial charge in [0.2, 0.25) is 0 Å². The first-order chi connectivity index (χ1) is 13.0. The summed E-state index contributed by atoms with van der Waals surface area (Å²) in [6, 6.07) is 14.4. The lowest BCUT2D eigenvalue weighted by atomic mass is 9.94. The van der Waals surface area contributed by atoms with Gasteiger partial charge in [-0.2, -0.15) is 0 Å². The van der Waals surface area contributed by atoms with Gasteiger partial charge in [0.15, 0.2) is 0 Å². The SMILES string of the molecule is CN(C)c1cc(C(=O)N2CCCC(c3cc4ccccc4n3C)C2)ccn1. The molecule has 1 atom stereocenters. The van der Waals surface area contributed by atoms with Gasteiger partial charge in [-0.3, -0.25) is 4.79 Å². The second kappa shape index (κ2) is 7.06. The maximum atomic E-state index is 13.1. The maximum Gasteiger partial charge on any atom is 0.254 e. The molecule has 5 nitrogen and oxygen atoms in total. The van der Waals surface area contributed by atoms with Crippen molar-refractivity contribution < 1.29 is 4.79 Å². The Morgan fingerprint density at radius 1 is 1.19 bits per heavy atom. The number of aromatic nitrogens is 2. The van der Waals surface area contributed by atoms with Crippen LogP contribution in [0.25, 0.3) is 10.9 Å². The quantitative estimate of drug-likeness (QED) is 0.714. The molecule has 5 heteroatoms. The van der Waals surface area contributed by atoms with Gasteiger partial charge in [0.1, 0.15) is 5.82 Å². The van der Waals surface area contributed by atoms with Crippen LogP contribution in [0.2, 0.25) is 0 Å². The average Bonchev–Trinajstić information content (AvgIpc) is 3.04. The van der Waals surface area contributed by atoms with Crippen LogP contribution >= 0.6 is 0 Å². The highest BCUT2D eigenvalue weighted by Gasteiger charge is 2.27. The highest BCUT2D eigenvalue weighted by molar-refractivity contribution is 5.95. The Bertz CT molecular complexity index is 975. The summed E-state index contributed by atoms with van der Waals surface area (Å²) in [7, 11) is 6.01. The molecule has 1 unspecified atom stereocenters. The summed E-state index contributed by atoms with van der Waals surface area (Å²) in [6.45, 7) is 1.58. The highest BCUT2D eigenvalue weighted by Crippen LogP contribution is 2.31. The minimum absolute atomic E-state index is 0.101. The van der Waals surface area contributed by atoms with Crippen molar-refractivity contribution in [2.24, 2.45) is 7.05 Å². The van der Waals surface area contributed by atoms with Crippen LogP contribution in [0.4, 0.5) is 5.82 Å². The molecule has 1 saturated heterocycles. The number of rotatable bonds is 3. The molecular weight excluding hydrogens is 336 g/mol. The molecule has 2 aromatic heterocycles. The van der Waals surface area contributed by atoms with Crippen LogP contribution < -0.4 is 4.90 Å². The summed E-state index contributed by atoms with van der Waals surface area (Å²) < 4.78 is 2.28.